The number of hydrogen-bond acceptors (Lipinski definition) is 6. The van der Waals surface area contributed by atoms with Crippen molar-refractivity contribution in [2.24, 2.45) is 0 Å². The predicted octanol–water partition coefficient (Wildman–Crippen LogP) is 7.59. The molecule has 0 aliphatic carbocycles. The fraction of sp³-hybridized carbons (Fsp3) is 0.273. The lowest BCUT2D eigenvalue weighted by molar-refractivity contribution is -0.131. The molecule has 0 aromatic heterocycles. The number of carbonyl (C=O) groups is 2. The molecule has 3 rings (SSSR count). The van der Waals surface area contributed by atoms with E-state index in [1.807, 2.05) is 38.1 Å². The highest BCUT2D eigenvalue weighted by atomic mass is 19.1. The molecule has 7 heteroatoms. The van der Waals surface area contributed by atoms with Crippen LogP contribution in [0.2, 0.25) is 0 Å². The molecule has 0 fully saturated rings. The Morgan fingerprint density at radius 1 is 0.750 bits per heavy atom. The quantitative estimate of drug-likeness (QED) is 0.0952. The van der Waals surface area contributed by atoms with Crippen LogP contribution in [0.15, 0.2) is 78.9 Å². The summed E-state index contributed by atoms with van der Waals surface area (Å²) in [6.45, 7) is 15.9. The van der Waals surface area contributed by atoms with E-state index in [0.717, 1.165) is 34.2 Å². The molecular weight excluding hydrogens is 511 g/mol. The molecule has 0 N–H and O–H groups in total. The zero-order valence-electron chi connectivity index (χ0n) is 23.5. The second-order valence-corrected chi connectivity index (χ2v) is 9.37. The fourth-order valence-corrected chi connectivity index (χ4v) is 3.91. The van der Waals surface area contributed by atoms with Gasteiger partial charge in [-0.1, -0.05) is 50.4 Å². The molecule has 0 heterocycles. The van der Waals surface area contributed by atoms with Crippen LogP contribution in [0.4, 0.5) is 4.39 Å². The van der Waals surface area contributed by atoms with Crippen LogP contribution in [0.3, 0.4) is 0 Å². The van der Waals surface area contributed by atoms with Gasteiger partial charge < -0.3 is 18.9 Å². The van der Waals surface area contributed by atoms with Gasteiger partial charge in [0.05, 0.1) is 13.2 Å². The average Bonchev–Trinajstić information content (AvgIpc) is 2.93. The molecule has 0 amide bonds. The molecule has 3 aromatic rings. The van der Waals surface area contributed by atoms with Gasteiger partial charge in [0.1, 0.15) is 5.75 Å². The van der Waals surface area contributed by atoms with Gasteiger partial charge in [0, 0.05) is 24.4 Å². The van der Waals surface area contributed by atoms with Gasteiger partial charge in [-0.2, -0.15) is 0 Å². The molecule has 6 nitrogen and oxygen atoms in total. The van der Waals surface area contributed by atoms with E-state index in [-0.39, 0.29) is 11.3 Å². The van der Waals surface area contributed by atoms with Gasteiger partial charge in [0.25, 0.3) is 0 Å². The molecule has 40 heavy (non-hydrogen) atoms. The van der Waals surface area contributed by atoms with Crippen LogP contribution in [0, 0.1) is 5.82 Å². The number of hydrogen-bond donors (Lipinski definition) is 0. The van der Waals surface area contributed by atoms with Crippen LogP contribution < -0.4 is 9.47 Å². The zero-order valence-corrected chi connectivity index (χ0v) is 23.5. The molecule has 0 aliphatic rings. The fourth-order valence-electron chi connectivity index (χ4n) is 3.91. The van der Waals surface area contributed by atoms with E-state index in [1.54, 1.807) is 25.1 Å². The Labute approximate surface area is 235 Å². The average molecular weight is 547 g/mol. The van der Waals surface area contributed by atoms with Crippen LogP contribution in [0.1, 0.15) is 45.2 Å². The smallest absolute Gasteiger partial charge is 0.338 e. The summed E-state index contributed by atoms with van der Waals surface area (Å²) >= 11 is 0. The van der Waals surface area contributed by atoms with E-state index in [4.69, 9.17) is 18.9 Å². The number of carbonyl (C=O) groups excluding carboxylic acids is 2. The third-order valence-corrected chi connectivity index (χ3v) is 5.89. The van der Waals surface area contributed by atoms with Crippen LogP contribution in [0.5, 0.6) is 11.5 Å². The summed E-state index contributed by atoms with van der Waals surface area (Å²) in [6, 6.07) is 15.7. The standard InChI is InChI=1S/C33H35FO6/c1-7-15-38-20-27-17-28(39-32(35)21(3)4)16-26(19-37-8-2)31(27)24-11-9-23(10-12-24)25-13-14-30(29(34)18-25)40-33(36)22(5)6/h9-14,16-18H,3,5,7-8,15,19-20H2,1-2,4,6H3. The monoisotopic (exact) mass is 546 g/mol. The first-order valence-corrected chi connectivity index (χ1v) is 13.1. The molecule has 0 saturated carbocycles. The zero-order chi connectivity index (χ0) is 29.2. The maximum Gasteiger partial charge on any atom is 0.338 e. The summed E-state index contributed by atoms with van der Waals surface area (Å²) < 4.78 is 36.9. The van der Waals surface area contributed by atoms with E-state index in [9.17, 15) is 14.0 Å². The van der Waals surface area contributed by atoms with Gasteiger partial charge in [-0.15, -0.1) is 0 Å². The van der Waals surface area contributed by atoms with Crippen molar-refractivity contribution in [3.05, 3.63) is 95.8 Å². The van der Waals surface area contributed by atoms with Crippen molar-refractivity contribution in [3.8, 4) is 33.8 Å². The molecule has 0 spiro atoms. The normalized spacial score (nSPS) is 10.7. The number of ether oxygens (including phenoxy) is 4. The lowest BCUT2D eigenvalue weighted by Crippen LogP contribution is -2.10. The maximum absolute atomic E-state index is 14.7. The largest absolute Gasteiger partial charge is 0.423 e. The van der Waals surface area contributed by atoms with Gasteiger partial charge in [0.2, 0.25) is 0 Å². The topological polar surface area (TPSA) is 71.1 Å². The van der Waals surface area contributed by atoms with Crippen molar-refractivity contribution in [2.45, 2.75) is 47.3 Å². The van der Waals surface area contributed by atoms with Gasteiger partial charge in [-0.05, 0) is 84.8 Å². The van der Waals surface area contributed by atoms with E-state index < -0.39 is 17.8 Å². The Balaban J connectivity index is 2.00. The third kappa shape index (κ3) is 7.97. The van der Waals surface area contributed by atoms with Crippen molar-refractivity contribution in [3.63, 3.8) is 0 Å². The second-order valence-electron chi connectivity index (χ2n) is 9.37. The molecular formula is C33H35FO6. The minimum Gasteiger partial charge on any atom is -0.423 e. The lowest BCUT2D eigenvalue weighted by Gasteiger charge is -2.18. The van der Waals surface area contributed by atoms with Crippen molar-refractivity contribution in [1.29, 1.82) is 0 Å². The molecule has 210 valence electrons. The summed E-state index contributed by atoms with van der Waals surface area (Å²) in [5.41, 5.74) is 5.39. The van der Waals surface area contributed by atoms with Crippen molar-refractivity contribution in [2.75, 3.05) is 13.2 Å². The van der Waals surface area contributed by atoms with E-state index in [2.05, 4.69) is 13.2 Å². The van der Waals surface area contributed by atoms with Gasteiger partial charge in [0.15, 0.2) is 11.6 Å². The molecule has 0 atom stereocenters. The van der Waals surface area contributed by atoms with Crippen molar-refractivity contribution >= 4 is 11.9 Å². The van der Waals surface area contributed by atoms with Crippen molar-refractivity contribution < 1.29 is 32.9 Å². The molecule has 0 unspecified atom stereocenters. The molecule has 3 aromatic carbocycles. The number of rotatable bonds is 13. The minimum atomic E-state index is -0.682. The Morgan fingerprint density at radius 2 is 1.30 bits per heavy atom. The van der Waals surface area contributed by atoms with E-state index in [0.29, 0.717) is 43.3 Å². The van der Waals surface area contributed by atoms with Crippen LogP contribution in [-0.2, 0) is 32.3 Å². The first-order chi connectivity index (χ1) is 19.1. The SMILES string of the molecule is C=C(C)C(=O)Oc1cc(COCC)c(-c2ccc(-c3ccc(OC(=O)C(=C)C)c(F)c3)cc2)c(COCCC)c1. The van der Waals surface area contributed by atoms with Gasteiger partial charge in [-0.3, -0.25) is 0 Å². The predicted molar refractivity (Wildman–Crippen MR) is 153 cm³/mol. The first-order valence-electron chi connectivity index (χ1n) is 13.1. The maximum atomic E-state index is 14.7. The molecule has 0 saturated heterocycles. The molecule has 0 aliphatic heterocycles. The van der Waals surface area contributed by atoms with E-state index >= 15 is 0 Å². The Bertz CT molecular complexity index is 1390. The Kier molecular flexibility index (Phi) is 10.9. The summed E-state index contributed by atoms with van der Waals surface area (Å²) in [5.74, 6) is -1.60. The second kappa shape index (κ2) is 14.4. The number of esters is 2. The summed E-state index contributed by atoms with van der Waals surface area (Å²) in [4.78, 5) is 24.0. The van der Waals surface area contributed by atoms with Gasteiger partial charge >= 0.3 is 11.9 Å². The first kappa shape index (κ1) is 30.5. The van der Waals surface area contributed by atoms with E-state index in [1.165, 1.54) is 19.1 Å². The highest BCUT2D eigenvalue weighted by Gasteiger charge is 2.17. The summed E-state index contributed by atoms with van der Waals surface area (Å²) in [6.07, 6.45) is 0.863. The number of halogens is 1. The summed E-state index contributed by atoms with van der Waals surface area (Å²) in [7, 11) is 0. The highest BCUT2D eigenvalue weighted by Crippen LogP contribution is 2.35. The highest BCUT2D eigenvalue weighted by molar-refractivity contribution is 5.89. The minimum absolute atomic E-state index is 0.155. The Morgan fingerprint density at radius 3 is 1.85 bits per heavy atom. The molecule has 0 radical (unpaired) electrons. The van der Waals surface area contributed by atoms with Crippen LogP contribution >= 0.6 is 0 Å². The lowest BCUT2D eigenvalue weighted by atomic mass is 9.92. The van der Waals surface area contributed by atoms with Gasteiger partial charge in [-0.25, -0.2) is 14.0 Å². The van der Waals surface area contributed by atoms with Crippen LogP contribution in [-0.4, -0.2) is 25.2 Å². The van der Waals surface area contributed by atoms with Crippen LogP contribution in [0.25, 0.3) is 22.3 Å². The third-order valence-electron chi connectivity index (χ3n) is 5.89. The Hall–Kier alpha value is -4.07. The van der Waals surface area contributed by atoms with Crippen molar-refractivity contribution in [1.82, 2.24) is 0 Å². The summed E-state index contributed by atoms with van der Waals surface area (Å²) in [5, 5.41) is 0. The number of benzene rings is 3. The molecule has 0 bridgehead atoms.